The van der Waals surface area contributed by atoms with Crippen LogP contribution in [0.4, 0.5) is 10.2 Å². The van der Waals surface area contributed by atoms with E-state index < -0.39 is 23.0 Å². The molecule has 18 heavy (non-hydrogen) atoms. The van der Waals surface area contributed by atoms with Gasteiger partial charge in [0.15, 0.2) is 0 Å². The van der Waals surface area contributed by atoms with Gasteiger partial charge in [-0.1, -0.05) is 0 Å². The summed E-state index contributed by atoms with van der Waals surface area (Å²) < 4.78 is 12.7. The van der Waals surface area contributed by atoms with Gasteiger partial charge in [-0.2, -0.15) is 0 Å². The number of halogens is 1. The second-order valence-corrected chi connectivity index (χ2v) is 3.46. The number of nitrogens with one attached hydrogen (secondary N) is 3. The van der Waals surface area contributed by atoms with Gasteiger partial charge in [-0.25, -0.2) is 9.18 Å². The van der Waals surface area contributed by atoms with Crippen molar-refractivity contribution in [1.82, 2.24) is 9.97 Å². The lowest BCUT2D eigenvalue weighted by atomic mass is 10.2. The molecule has 0 aliphatic carbocycles. The number of hydrogen-bond acceptors (Lipinski definition) is 3. The van der Waals surface area contributed by atoms with Crippen LogP contribution in [0, 0.1) is 5.82 Å². The van der Waals surface area contributed by atoms with Crippen LogP contribution in [0.2, 0.25) is 0 Å². The molecule has 2 aromatic rings. The second-order valence-electron chi connectivity index (χ2n) is 3.46. The standard InChI is InChI=1S/C11H8FN3O3/c12-7-3-1-6(2-4-7)10(17)13-8-5-9(16)15-11(18)14-8/h1-5H,(H3,13,14,15,16,17,18). The molecule has 1 amide bonds. The largest absolute Gasteiger partial charge is 0.327 e. The van der Waals surface area contributed by atoms with E-state index in [1.54, 1.807) is 0 Å². The maximum Gasteiger partial charge on any atom is 0.327 e. The number of carbonyl (C=O) groups is 1. The minimum Gasteiger partial charge on any atom is -0.308 e. The number of carbonyl (C=O) groups excluding carboxylic acids is 1. The highest BCUT2D eigenvalue weighted by Gasteiger charge is 2.07. The molecule has 0 saturated carbocycles. The lowest BCUT2D eigenvalue weighted by molar-refractivity contribution is 0.102. The molecule has 0 aliphatic heterocycles. The van der Waals surface area contributed by atoms with E-state index in [9.17, 15) is 18.8 Å². The molecule has 6 nitrogen and oxygen atoms in total. The van der Waals surface area contributed by atoms with Crippen molar-refractivity contribution in [3.05, 3.63) is 62.6 Å². The van der Waals surface area contributed by atoms with Crippen LogP contribution in [0.15, 0.2) is 39.9 Å². The summed E-state index contributed by atoms with van der Waals surface area (Å²) >= 11 is 0. The van der Waals surface area contributed by atoms with Gasteiger partial charge in [0.1, 0.15) is 11.6 Å². The first kappa shape index (κ1) is 11.8. The van der Waals surface area contributed by atoms with E-state index in [0.29, 0.717) is 0 Å². The maximum absolute atomic E-state index is 12.7. The molecule has 1 heterocycles. The molecule has 92 valence electrons. The van der Waals surface area contributed by atoms with E-state index in [1.165, 1.54) is 12.1 Å². The van der Waals surface area contributed by atoms with E-state index in [4.69, 9.17) is 0 Å². The molecule has 7 heteroatoms. The summed E-state index contributed by atoms with van der Waals surface area (Å²) in [5.41, 5.74) is -1.15. The second kappa shape index (κ2) is 4.66. The Hall–Kier alpha value is -2.70. The minimum absolute atomic E-state index is 0.0296. The van der Waals surface area contributed by atoms with Gasteiger partial charge in [-0.05, 0) is 24.3 Å². The number of aromatic nitrogens is 2. The first-order valence-corrected chi connectivity index (χ1v) is 4.95. The van der Waals surface area contributed by atoms with Gasteiger partial charge in [0.2, 0.25) is 0 Å². The van der Waals surface area contributed by atoms with Crippen LogP contribution in [0.5, 0.6) is 0 Å². The van der Waals surface area contributed by atoms with Crippen molar-refractivity contribution < 1.29 is 9.18 Å². The highest BCUT2D eigenvalue weighted by atomic mass is 19.1. The van der Waals surface area contributed by atoms with Gasteiger partial charge in [-0.3, -0.25) is 19.6 Å². The summed E-state index contributed by atoms with van der Waals surface area (Å²) in [7, 11) is 0. The van der Waals surface area contributed by atoms with Crippen molar-refractivity contribution in [1.29, 1.82) is 0 Å². The van der Waals surface area contributed by atoms with Gasteiger partial charge in [0, 0.05) is 11.6 Å². The van der Waals surface area contributed by atoms with Crippen molar-refractivity contribution in [2.45, 2.75) is 0 Å². The maximum atomic E-state index is 12.7. The number of H-pyrrole nitrogens is 2. The average molecular weight is 249 g/mol. The van der Waals surface area contributed by atoms with Crippen LogP contribution in [0.3, 0.4) is 0 Å². The molecule has 0 saturated heterocycles. The summed E-state index contributed by atoms with van der Waals surface area (Å²) in [6.07, 6.45) is 0. The van der Waals surface area contributed by atoms with Gasteiger partial charge >= 0.3 is 5.69 Å². The van der Waals surface area contributed by atoms with E-state index in [0.717, 1.165) is 18.2 Å². The first-order valence-electron chi connectivity index (χ1n) is 4.95. The molecule has 0 unspecified atom stereocenters. The number of aromatic amines is 2. The summed E-state index contributed by atoms with van der Waals surface area (Å²) in [6.45, 7) is 0. The minimum atomic E-state index is -0.725. The third-order valence-corrected chi connectivity index (χ3v) is 2.11. The summed E-state index contributed by atoms with van der Waals surface area (Å²) in [5, 5.41) is 2.32. The Morgan fingerprint density at radius 3 is 2.39 bits per heavy atom. The van der Waals surface area contributed by atoms with Crippen LogP contribution in [0.1, 0.15) is 10.4 Å². The molecular formula is C11H8FN3O3. The van der Waals surface area contributed by atoms with Crippen molar-refractivity contribution in [3.8, 4) is 0 Å². The number of benzene rings is 1. The predicted octanol–water partition coefficient (Wildman–Crippen LogP) is 0.455. The highest BCUT2D eigenvalue weighted by Crippen LogP contribution is 2.05. The Kier molecular flexibility index (Phi) is 3.05. The van der Waals surface area contributed by atoms with E-state index in [1.807, 2.05) is 4.98 Å². The summed E-state index contributed by atoms with van der Waals surface area (Å²) in [5.74, 6) is -1.05. The fraction of sp³-hybridized carbons (Fsp3) is 0. The van der Waals surface area contributed by atoms with Crippen LogP contribution >= 0.6 is 0 Å². The first-order chi connectivity index (χ1) is 8.54. The zero-order chi connectivity index (χ0) is 13.1. The average Bonchev–Trinajstić information content (AvgIpc) is 2.28. The van der Waals surface area contributed by atoms with Gasteiger partial charge in [-0.15, -0.1) is 0 Å². The third kappa shape index (κ3) is 2.70. The van der Waals surface area contributed by atoms with Crippen LogP contribution in [-0.2, 0) is 0 Å². The van der Waals surface area contributed by atoms with Gasteiger partial charge in [0.25, 0.3) is 11.5 Å². The number of hydrogen-bond donors (Lipinski definition) is 3. The lowest BCUT2D eigenvalue weighted by Crippen LogP contribution is -2.24. The van der Waals surface area contributed by atoms with Gasteiger partial charge < -0.3 is 5.32 Å². The van der Waals surface area contributed by atoms with Gasteiger partial charge in [0.05, 0.1) is 0 Å². The molecule has 1 aromatic carbocycles. The molecular weight excluding hydrogens is 241 g/mol. The number of anilines is 1. The summed E-state index contributed by atoms with van der Waals surface area (Å²) in [6, 6.07) is 5.87. The molecule has 3 N–H and O–H groups in total. The number of rotatable bonds is 2. The molecule has 0 radical (unpaired) electrons. The summed E-state index contributed by atoms with van der Waals surface area (Å²) in [4.78, 5) is 37.8. The Balaban J connectivity index is 2.23. The molecule has 0 atom stereocenters. The van der Waals surface area contributed by atoms with Crippen molar-refractivity contribution >= 4 is 11.7 Å². The van der Waals surface area contributed by atoms with Crippen molar-refractivity contribution in [2.75, 3.05) is 5.32 Å². The molecule has 2 rings (SSSR count). The van der Waals surface area contributed by atoms with Crippen LogP contribution < -0.4 is 16.6 Å². The molecule has 1 aromatic heterocycles. The smallest absolute Gasteiger partial charge is 0.308 e. The fourth-order valence-electron chi connectivity index (χ4n) is 1.33. The van der Waals surface area contributed by atoms with E-state index >= 15 is 0 Å². The number of amides is 1. The quantitative estimate of drug-likeness (QED) is 0.721. The zero-order valence-corrected chi connectivity index (χ0v) is 8.99. The third-order valence-electron chi connectivity index (χ3n) is 2.11. The Labute approximate surface area is 99.5 Å². The highest BCUT2D eigenvalue weighted by molar-refractivity contribution is 6.03. The molecule has 0 bridgehead atoms. The Morgan fingerprint density at radius 2 is 1.78 bits per heavy atom. The SMILES string of the molecule is O=C(Nc1cc(=O)[nH]c(=O)[nH]1)c1ccc(F)cc1. The molecule has 0 aliphatic rings. The topological polar surface area (TPSA) is 94.8 Å². The Morgan fingerprint density at radius 1 is 1.11 bits per heavy atom. The van der Waals surface area contributed by atoms with Crippen molar-refractivity contribution in [3.63, 3.8) is 0 Å². The molecule has 0 spiro atoms. The molecule has 0 fully saturated rings. The normalized spacial score (nSPS) is 10.1. The fourth-order valence-corrected chi connectivity index (χ4v) is 1.33. The lowest BCUT2D eigenvalue weighted by Gasteiger charge is -2.03. The monoisotopic (exact) mass is 249 g/mol. The zero-order valence-electron chi connectivity index (χ0n) is 8.99. The van der Waals surface area contributed by atoms with Crippen LogP contribution in [0.25, 0.3) is 0 Å². The predicted molar refractivity (Wildman–Crippen MR) is 62.0 cm³/mol. The van der Waals surface area contributed by atoms with E-state index in [2.05, 4.69) is 10.3 Å². The van der Waals surface area contributed by atoms with Crippen molar-refractivity contribution in [2.24, 2.45) is 0 Å². The van der Waals surface area contributed by atoms with E-state index in [-0.39, 0.29) is 11.4 Å². The van der Waals surface area contributed by atoms with Crippen LogP contribution in [-0.4, -0.2) is 15.9 Å². The Bertz CT molecular complexity index is 659.